The van der Waals surface area contributed by atoms with E-state index in [-0.39, 0.29) is 24.8 Å². The van der Waals surface area contributed by atoms with Gasteiger partial charge in [0.1, 0.15) is 5.82 Å². The summed E-state index contributed by atoms with van der Waals surface area (Å²) in [6.07, 6.45) is 8.93. The van der Waals surface area contributed by atoms with E-state index in [9.17, 15) is 0 Å². The van der Waals surface area contributed by atoms with Crippen LogP contribution in [0.5, 0.6) is 0 Å². The molecule has 20 heavy (non-hydrogen) atoms. The van der Waals surface area contributed by atoms with Gasteiger partial charge in [-0.3, -0.25) is 4.98 Å². The number of piperidine rings is 1. The van der Waals surface area contributed by atoms with Crippen LogP contribution < -0.4 is 5.32 Å². The molecule has 2 aromatic heterocycles. The molecule has 4 nitrogen and oxygen atoms in total. The largest absolute Gasteiger partial charge is 0.324 e. The maximum atomic E-state index is 4.66. The maximum Gasteiger partial charge on any atom is 0.107 e. The molecule has 0 aromatic carbocycles. The van der Waals surface area contributed by atoms with Crippen LogP contribution >= 0.6 is 24.8 Å². The Morgan fingerprint density at radius 1 is 1.20 bits per heavy atom. The number of pyridine rings is 1. The smallest absolute Gasteiger partial charge is 0.107 e. The van der Waals surface area contributed by atoms with Gasteiger partial charge in [-0.15, -0.1) is 24.8 Å². The quantitative estimate of drug-likeness (QED) is 0.879. The monoisotopic (exact) mass is 314 g/mol. The first-order valence-electron chi connectivity index (χ1n) is 6.86. The molecule has 4 heterocycles. The van der Waals surface area contributed by atoms with Gasteiger partial charge in [0.05, 0.1) is 17.2 Å². The zero-order valence-electron chi connectivity index (χ0n) is 11.5. The molecule has 110 valence electrons. The highest BCUT2D eigenvalue weighted by Gasteiger charge is 2.35. The highest BCUT2D eigenvalue weighted by molar-refractivity contribution is 5.85. The van der Waals surface area contributed by atoms with Crippen LogP contribution in [0.15, 0.2) is 18.5 Å². The fourth-order valence-electron chi connectivity index (χ4n) is 3.76. The van der Waals surface area contributed by atoms with Crippen LogP contribution in [0.25, 0.3) is 11.0 Å². The van der Waals surface area contributed by atoms with Crippen LogP contribution in [0.3, 0.4) is 0 Å². The van der Waals surface area contributed by atoms with Crippen molar-refractivity contribution in [2.24, 2.45) is 0 Å². The summed E-state index contributed by atoms with van der Waals surface area (Å²) in [5.74, 6) is 1.13. The van der Waals surface area contributed by atoms with Crippen LogP contribution in [0.1, 0.15) is 37.5 Å². The lowest BCUT2D eigenvalue weighted by atomic mass is 9.99. The average Bonchev–Trinajstić information content (AvgIpc) is 2.88. The van der Waals surface area contributed by atoms with Crippen molar-refractivity contribution >= 4 is 35.8 Å². The summed E-state index contributed by atoms with van der Waals surface area (Å²) < 4.78 is 2.41. The van der Waals surface area contributed by atoms with E-state index in [1.54, 1.807) is 0 Å². The van der Waals surface area contributed by atoms with E-state index in [1.807, 2.05) is 18.5 Å². The van der Waals surface area contributed by atoms with Crippen molar-refractivity contribution in [1.82, 2.24) is 19.9 Å². The molecule has 2 aliphatic heterocycles. The molecule has 0 spiro atoms. The fourth-order valence-corrected chi connectivity index (χ4v) is 3.76. The predicted molar refractivity (Wildman–Crippen MR) is 85.0 cm³/mol. The molecule has 0 aliphatic carbocycles. The Bertz CT molecular complexity index is 586. The third-order valence-corrected chi connectivity index (χ3v) is 4.48. The van der Waals surface area contributed by atoms with Crippen LogP contribution in [-0.4, -0.2) is 26.6 Å². The van der Waals surface area contributed by atoms with Gasteiger partial charge in [-0.25, -0.2) is 4.98 Å². The minimum absolute atomic E-state index is 0. The van der Waals surface area contributed by atoms with Crippen LogP contribution in [0.4, 0.5) is 0 Å². The maximum absolute atomic E-state index is 4.66. The van der Waals surface area contributed by atoms with E-state index in [1.165, 1.54) is 31.2 Å². The number of hydrogen-bond donors (Lipinski definition) is 1. The first kappa shape index (κ1) is 15.5. The number of fused-ring (bicyclic) bond motifs is 3. The second-order valence-corrected chi connectivity index (χ2v) is 5.66. The average molecular weight is 315 g/mol. The normalized spacial score (nSPS) is 27.9. The predicted octanol–water partition coefficient (Wildman–Crippen LogP) is 3.04. The molecule has 2 bridgehead atoms. The number of rotatable bonds is 1. The summed E-state index contributed by atoms with van der Waals surface area (Å²) in [6.45, 7) is 2.12. The standard InChI is InChI=1S/C14H18N4.2ClH/c1-9-16-13-4-5-15-8-14(13)18(9)12-6-10-2-3-11(7-12)17-10;;/h4-5,8,10-12,17H,2-3,6-7H2,1H3;2*1H. The highest BCUT2D eigenvalue weighted by atomic mass is 35.5. The first-order chi connectivity index (χ1) is 8.81. The van der Waals surface area contributed by atoms with Gasteiger partial charge in [-0.05, 0) is 38.7 Å². The first-order valence-corrected chi connectivity index (χ1v) is 6.86. The molecule has 2 unspecified atom stereocenters. The molecule has 2 atom stereocenters. The second-order valence-electron chi connectivity index (χ2n) is 5.66. The SMILES string of the molecule is Cc1nc2ccncc2n1C1CC2CCC(C1)N2.Cl.Cl. The molecule has 6 heteroatoms. The molecule has 2 aromatic rings. The van der Waals surface area contributed by atoms with E-state index in [0.29, 0.717) is 18.1 Å². The number of halogens is 2. The van der Waals surface area contributed by atoms with Crippen molar-refractivity contribution in [2.45, 2.75) is 50.7 Å². The molecular formula is C14H20Cl2N4. The van der Waals surface area contributed by atoms with Crippen molar-refractivity contribution in [1.29, 1.82) is 0 Å². The third-order valence-electron chi connectivity index (χ3n) is 4.48. The van der Waals surface area contributed by atoms with E-state index >= 15 is 0 Å². The third kappa shape index (κ3) is 2.41. The number of nitrogens with one attached hydrogen (secondary N) is 1. The topological polar surface area (TPSA) is 42.7 Å². The van der Waals surface area contributed by atoms with E-state index in [4.69, 9.17) is 0 Å². The summed E-state index contributed by atoms with van der Waals surface area (Å²) in [5, 5.41) is 3.70. The molecule has 2 fully saturated rings. The lowest BCUT2D eigenvalue weighted by Gasteiger charge is -2.31. The van der Waals surface area contributed by atoms with Gasteiger partial charge in [0.15, 0.2) is 0 Å². The van der Waals surface area contributed by atoms with Crippen molar-refractivity contribution in [3.8, 4) is 0 Å². The number of aromatic nitrogens is 3. The Morgan fingerprint density at radius 2 is 1.90 bits per heavy atom. The second kappa shape index (κ2) is 5.88. The molecule has 4 rings (SSSR count). The van der Waals surface area contributed by atoms with Gasteiger partial charge in [-0.2, -0.15) is 0 Å². The number of hydrogen-bond acceptors (Lipinski definition) is 3. The zero-order chi connectivity index (χ0) is 12.1. The lowest BCUT2D eigenvalue weighted by molar-refractivity contribution is 0.300. The van der Waals surface area contributed by atoms with Crippen LogP contribution in [-0.2, 0) is 0 Å². The minimum atomic E-state index is 0. The van der Waals surface area contributed by atoms with E-state index in [2.05, 4.69) is 26.8 Å². The molecular weight excluding hydrogens is 295 g/mol. The Labute approximate surface area is 131 Å². The van der Waals surface area contributed by atoms with Crippen molar-refractivity contribution < 1.29 is 0 Å². The molecule has 0 amide bonds. The van der Waals surface area contributed by atoms with Crippen LogP contribution in [0.2, 0.25) is 0 Å². The van der Waals surface area contributed by atoms with Crippen molar-refractivity contribution in [3.63, 3.8) is 0 Å². The summed E-state index contributed by atoms with van der Waals surface area (Å²) in [4.78, 5) is 8.92. The van der Waals surface area contributed by atoms with Gasteiger partial charge >= 0.3 is 0 Å². The fraction of sp³-hybridized carbons (Fsp3) is 0.571. The number of imidazole rings is 1. The Hall–Kier alpha value is -0.840. The van der Waals surface area contributed by atoms with Gasteiger partial charge in [0.25, 0.3) is 0 Å². The zero-order valence-corrected chi connectivity index (χ0v) is 13.1. The minimum Gasteiger partial charge on any atom is -0.324 e. The Kier molecular flexibility index (Phi) is 4.57. The summed E-state index contributed by atoms with van der Waals surface area (Å²) in [6, 6.07) is 4.02. The summed E-state index contributed by atoms with van der Waals surface area (Å²) >= 11 is 0. The molecule has 1 N–H and O–H groups in total. The van der Waals surface area contributed by atoms with Gasteiger partial charge in [-0.1, -0.05) is 0 Å². The molecule has 0 saturated carbocycles. The van der Waals surface area contributed by atoms with Crippen molar-refractivity contribution in [3.05, 3.63) is 24.3 Å². The summed E-state index contributed by atoms with van der Waals surface area (Å²) in [5.41, 5.74) is 2.27. The molecule has 0 radical (unpaired) electrons. The van der Waals surface area contributed by atoms with Gasteiger partial charge in [0.2, 0.25) is 0 Å². The van der Waals surface area contributed by atoms with E-state index < -0.39 is 0 Å². The van der Waals surface area contributed by atoms with Crippen molar-refractivity contribution in [2.75, 3.05) is 0 Å². The highest BCUT2D eigenvalue weighted by Crippen LogP contribution is 2.36. The van der Waals surface area contributed by atoms with Gasteiger partial charge < -0.3 is 9.88 Å². The summed E-state index contributed by atoms with van der Waals surface area (Å²) in [7, 11) is 0. The number of aryl methyl sites for hydroxylation is 1. The Morgan fingerprint density at radius 3 is 2.60 bits per heavy atom. The van der Waals surface area contributed by atoms with Gasteiger partial charge in [0, 0.05) is 24.3 Å². The number of nitrogens with zero attached hydrogens (tertiary/aromatic N) is 3. The lowest BCUT2D eigenvalue weighted by Crippen LogP contribution is -2.39. The Balaban J connectivity index is 0.000000735. The molecule has 2 aliphatic rings. The van der Waals surface area contributed by atoms with E-state index in [0.717, 1.165) is 11.3 Å². The van der Waals surface area contributed by atoms with Crippen LogP contribution in [0, 0.1) is 6.92 Å². The molecule has 2 saturated heterocycles.